The Kier molecular flexibility index (Phi) is 4.29. The van der Waals surface area contributed by atoms with Crippen LogP contribution in [0.2, 0.25) is 0 Å². The second-order valence-electron chi connectivity index (χ2n) is 5.64. The van der Waals surface area contributed by atoms with Crippen molar-refractivity contribution in [2.24, 2.45) is 0 Å². The number of rotatable bonds is 1. The van der Waals surface area contributed by atoms with Crippen molar-refractivity contribution in [3.63, 3.8) is 0 Å². The molecule has 3 heterocycles. The lowest BCUT2D eigenvalue weighted by Crippen LogP contribution is -2.31. The van der Waals surface area contributed by atoms with Crippen molar-refractivity contribution < 1.29 is 0 Å². The summed E-state index contributed by atoms with van der Waals surface area (Å²) in [6, 6.07) is 3.59. The van der Waals surface area contributed by atoms with Crippen LogP contribution < -0.4 is 16.4 Å². The van der Waals surface area contributed by atoms with Gasteiger partial charge in [0.05, 0.1) is 11.3 Å². The van der Waals surface area contributed by atoms with Crippen LogP contribution in [0.15, 0.2) is 18.3 Å². The van der Waals surface area contributed by atoms with Gasteiger partial charge in [-0.25, -0.2) is 9.97 Å². The minimum Gasteiger partial charge on any atom is -0.384 e. The summed E-state index contributed by atoms with van der Waals surface area (Å²) in [5.41, 5.74) is 13.9. The minimum absolute atomic E-state index is 0.294. The molecular formula is C17H20N6. The predicted octanol–water partition coefficient (Wildman–Crippen LogP) is 1.73. The summed E-state index contributed by atoms with van der Waals surface area (Å²) < 4.78 is 0. The molecule has 2 aromatic rings. The van der Waals surface area contributed by atoms with E-state index in [4.69, 9.17) is 11.5 Å². The number of hydrogen-bond acceptors (Lipinski definition) is 6. The predicted molar refractivity (Wildman–Crippen MR) is 91.9 cm³/mol. The molecule has 6 nitrogen and oxygen atoms in total. The molecule has 0 unspecified atom stereocenters. The van der Waals surface area contributed by atoms with Crippen molar-refractivity contribution in [1.82, 2.24) is 15.0 Å². The van der Waals surface area contributed by atoms with Crippen LogP contribution in [0.1, 0.15) is 36.1 Å². The molecule has 1 saturated heterocycles. The Morgan fingerprint density at radius 3 is 2.52 bits per heavy atom. The van der Waals surface area contributed by atoms with Crippen LogP contribution >= 0.6 is 0 Å². The fourth-order valence-corrected chi connectivity index (χ4v) is 2.67. The van der Waals surface area contributed by atoms with Gasteiger partial charge in [-0.1, -0.05) is 11.8 Å². The van der Waals surface area contributed by atoms with E-state index in [0.717, 1.165) is 48.6 Å². The largest absolute Gasteiger partial charge is 0.384 e. The van der Waals surface area contributed by atoms with Gasteiger partial charge in [-0.2, -0.15) is 4.98 Å². The molecule has 1 aliphatic heterocycles. The highest BCUT2D eigenvalue weighted by molar-refractivity contribution is 5.61. The zero-order valence-electron chi connectivity index (χ0n) is 13.2. The van der Waals surface area contributed by atoms with Gasteiger partial charge in [0.1, 0.15) is 11.6 Å². The third kappa shape index (κ3) is 3.51. The molecule has 1 aliphatic rings. The Balaban J connectivity index is 1.99. The van der Waals surface area contributed by atoms with Crippen LogP contribution in [0.4, 0.5) is 17.6 Å². The highest BCUT2D eigenvalue weighted by atomic mass is 15.2. The summed E-state index contributed by atoms with van der Waals surface area (Å²) >= 11 is 0. The van der Waals surface area contributed by atoms with Gasteiger partial charge in [0.25, 0.3) is 0 Å². The number of nitrogens with zero attached hydrogens (tertiary/aromatic N) is 4. The third-order valence-electron chi connectivity index (χ3n) is 3.86. The first-order valence-electron chi connectivity index (χ1n) is 7.76. The number of nitrogen functional groups attached to an aromatic ring is 2. The molecule has 0 atom stereocenters. The van der Waals surface area contributed by atoms with Crippen molar-refractivity contribution in [3.8, 4) is 11.8 Å². The quantitative estimate of drug-likeness (QED) is 0.779. The summed E-state index contributed by atoms with van der Waals surface area (Å²) in [4.78, 5) is 15.0. The van der Waals surface area contributed by atoms with Crippen LogP contribution in [-0.2, 0) is 0 Å². The molecule has 6 heteroatoms. The summed E-state index contributed by atoms with van der Waals surface area (Å²) in [7, 11) is 0. The molecular weight excluding hydrogens is 288 g/mol. The fourth-order valence-electron chi connectivity index (χ4n) is 2.67. The molecule has 2 aromatic heterocycles. The van der Waals surface area contributed by atoms with Crippen molar-refractivity contribution >= 4 is 17.6 Å². The van der Waals surface area contributed by atoms with Gasteiger partial charge >= 0.3 is 0 Å². The van der Waals surface area contributed by atoms with E-state index in [1.807, 2.05) is 13.0 Å². The summed E-state index contributed by atoms with van der Waals surface area (Å²) in [5, 5.41) is 0. The highest BCUT2D eigenvalue weighted by Crippen LogP contribution is 2.24. The van der Waals surface area contributed by atoms with Gasteiger partial charge in [0.15, 0.2) is 0 Å². The van der Waals surface area contributed by atoms with Gasteiger partial charge in [0, 0.05) is 24.8 Å². The first-order valence-corrected chi connectivity index (χ1v) is 7.76. The minimum atomic E-state index is 0.294. The Morgan fingerprint density at radius 1 is 1.04 bits per heavy atom. The molecule has 0 bridgehead atoms. The average molecular weight is 308 g/mol. The molecule has 23 heavy (non-hydrogen) atoms. The van der Waals surface area contributed by atoms with Gasteiger partial charge in [0.2, 0.25) is 5.95 Å². The van der Waals surface area contributed by atoms with Crippen LogP contribution in [0.5, 0.6) is 0 Å². The molecule has 0 spiro atoms. The van der Waals surface area contributed by atoms with Crippen molar-refractivity contribution in [2.45, 2.75) is 26.2 Å². The average Bonchev–Trinajstić information content (AvgIpc) is 2.56. The van der Waals surface area contributed by atoms with Crippen LogP contribution in [0, 0.1) is 18.8 Å². The number of aromatic nitrogens is 3. The number of hydrogen-bond donors (Lipinski definition) is 2. The lowest BCUT2D eigenvalue weighted by molar-refractivity contribution is 0.572. The van der Waals surface area contributed by atoms with E-state index in [0.29, 0.717) is 11.8 Å². The van der Waals surface area contributed by atoms with Gasteiger partial charge in [-0.05, 0) is 38.3 Å². The zero-order chi connectivity index (χ0) is 16.2. The summed E-state index contributed by atoms with van der Waals surface area (Å²) in [6.07, 6.45) is 5.25. The van der Waals surface area contributed by atoms with E-state index in [1.54, 1.807) is 12.3 Å². The number of pyridine rings is 1. The smallest absolute Gasteiger partial charge is 0.222 e. The maximum Gasteiger partial charge on any atom is 0.222 e. The van der Waals surface area contributed by atoms with E-state index in [2.05, 4.69) is 31.7 Å². The molecule has 0 amide bonds. The topological polar surface area (TPSA) is 94.0 Å². The first-order chi connectivity index (χ1) is 11.1. The molecule has 118 valence electrons. The lowest BCUT2D eigenvalue weighted by atomic mass is 10.1. The van der Waals surface area contributed by atoms with Crippen molar-refractivity contribution in [1.29, 1.82) is 0 Å². The van der Waals surface area contributed by atoms with Crippen LogP contribution in [0.25, 0.3) is 0 Å². The monoisotopic (exact) mass is 308 g/mol. The zero-order valence-corrected chi connectivity index (χ0v) is 13.2. The summed E-state index contributed by atoms with van der Waals surface area (Å²) in [6.45, 7) is 3.87. The second kappa shape index (κ2) is 6.53. The SMILES string of the molecule is Cc1nc(N)nc(N2CCCCC2)c1C#Cc1ccc(N)nc1. The van der Waals surface area contributed by atoms with Crippen LogP contribution in [0.3, 0.4) is 0 Å². The number of aryl methyl sites for hydroxylation is 1. The number of piperidine rings is 1. The van der Waals surface area contributed by atoms with Gasteiger partial charge < -0.3 is 16.4 Å². The lowest BCUT2D eigenvalue weighted by Gasteiger charge is -2.28. The van der Waals surface area contributed by atoms with E-state index in [9.17, 15) is 0 Å². The first kappa shape index (κ1) is 15.1. The highest BCUT2D eigenvalue weighted by Gasteiger charge is 2.18. The number of nitrogens with two attached hydrogens (primary N) is 2. The molecule has 0 aliphatic carbocycles. The van der Waals surface area contributed by atoms with Gasteiger partial charge in [-0.3, -0.25) is 0 Å². The second-order valence-corrected chi connectivity index (χ2v) is 5.64. The van der Waals surface area contributed by atoms with E-state index in [-0.39, 0.29) is 0 Å². The van der Waals surface area contributed by atoms with E-state index < -0.39 is 0 Å². The normalized spacial score (nSPS) is 14.2. The fraction of sp³-hybridized carbons (Fsp3) is 0.353. The maximum absolute atomic E-state index is 5.84. The van der Waals surface area contributed by atoms with Gasteiger partial charge in [-0.15, -0.1) is 0 Å². The third-order valence-corrected chi connectivity index (χ3v) is 3.86. The number of anilines is 3. The Hall–Kier alpha value is -2.81. The Labute approximate surface area is 135 Å². The standard InChI is InChI=1S/C17H20N6/c1-12-14(7-5-13-6-8-15(18)20-11-13)16(22-17(19)21-12)23-9-3-2-4-10-23/h6,8,11H,2-4,9-10H2,1H3,(H2,18,20)(H2,19,21,22). The summed E-state index contributed by atoms with van der Waals surface area (Å²) in [5.74, 6) is 7.92. The molecule has 3 rings (SSSR count). The Bertz CT molecular complexity index is 751. The Morgan fingerprint density at radius 2 is 1.83 bits per heavy atom. The molecule has 0 aromatic carbocycles. The van der Waals surface area contributed by atoms with E-state index >= 15 is 0 Å². The van der Waals surface area contributed by atoms with Crippen molar-refractivity contribution in [3.05, 3.63) is 35.2 Å². The molecule has 0 radical (unpaired) electrons. The molecule has 4 N–H and O–H groups in total. The molecule has 0 saturated carbocycles. The molecule has 1 fully saturated rings. The van der Waals surface area contributed by atoms with Crippen molar-refractivity contribution in [2.75, 3.05) is 29.5 Å². The maximum atomic E-state index is 5.84. The van der Waals surface area contributed by atoms with Crippen LogP contribution in [-0.4, -0.2) is 28.0 Å². The van der Waals surface area contributed by atoms with E-state index in [1.165, 1.54) is 6.42 Å².